The summed E-state index contributed by atoms with van der Waals surface area (Å²) < 4.78 is 35.1. The van der Waals surface area contributed by atoms with Gasteiger partial charge in [-0.3, -0.25) is 14.4 Å². The van der Waals surface area contributed by atoms with Gasteiger partial charge in [0, 0.05) is 18.1 Å². The van der Waals surface area contributed by atoms with Gasteiger partial charge in [-0.2, -0.15) is 0 Å². The number of benzene rings is 2. The molecule has 0 radical (unpaired) electrons. The molecule has 36 heavy (non-hydrogen) atoms. The van der Waals surface area contributed by atoms with Gasteiger partial charge in [-0.1, -0.05) is 73.8 Å². The van der Waals surface area contributed by atoms with Crippen LogP contribution in [0.1, 0.15) is 52.2 Å². The maximum atomic E-state index is 13.9. The van der Waals surface area contributed by atoms with Crippen molar-refractivity contribution in [1.29, 1.82) is 0 Å². The molecule has 1 unspecified atom stereocenters. The van der Waals surface area contributed by atoms with E-state index in [1.165, 1.54) is 28.6 Å². The third-order valence-electron chi connectivity index (χ3n) is 6.33. The van der Waals surface area contributed by atoms with Gasteiger partial charge in [0.15, 0.2) is 5.75 Å². The van der Waals surface area contributed by atoms with Crippen LogP contribution in [0.3, 0.4) is 0 Å². The third kappa shape index (κ3) is 4.38. The Hall–Kier alpha value is -2.26. The van der Waals surface area contributed by atoms with E-state index in [1.807, 2.05) is 52.8 Å². The SMILES string of the molecule is CC(C)(C)c1cccc2c1N(S(=O)(=O)c1cc(Cl)c(OC3CC=C([N+](=O)[O-])C=C3Cl)c(Cl)c1)C2(C)C. The smallest absolute Gasteiger partial charge is 0.266 e. The minimum absolute atomic E-state index is 0.0164. The Morgan fingerprint density at radius 2 is 1.75 bits per heavy atom. The molecule has 0 bridgehead atoms. The molecule has 2 aliphatic rings. The van der Waals surface area contributed by atoms with Crippen LogP contribution in [0.15, 0.2) is 58.1 Å². The normalized spacial score (nSPS) is 19.1. The Kier molecular flexibility index (Phi) is 6.65. The van der Waals surface area contributed by atoms with Gasteiger partial charge < -0.3 is 4.74 Å². The Morgan fingerprint density at radius 3 is 2.28 bits per heavy atom. The monoisotopic (exact) mass is 570 g/mol. The fourth-order valence-electron chi connectivity index (χ4n) is 4.53. The van der Waals surface area contributed by atoms with Crippen LogP contribution in [0.25, 0.3) is 0 Å². The Morgan fingerprint density at radius 1 is 1.14 bits per heavy atom. The van der Waals surface area contributed by atoms with Crippen LogP contribution in [-0.2, 0) is 21.0 Å². The Balaban J connectivity index is 1.70. The number of allylic oxidation sites excluding steroid dienone is 1. The van der Waals surface area contributed by atoms with E-state index in [0.717, 1.165) is 11.1 Å². The fraction of sp³-hybridized carbons (Fsp3) is 0.360. The number of para-hydroxylation sites is 1. The van der Waals surface area contributed by atoms with Crippen molar-refractivity contribution in [2.45, 2.75) is 63.0 Å². The zero-order chi connectivity index (χ0) is 26.8. The summed E-state index contributed by atoms with van der Waals surface area (Å²) in [6.07, 6.45) is 1.97. The first-order valence-electron chi connectivity index (χ1n) is 11.1. The maximum absolute atomic E-state index is 13.9. The molecule has 2 aromatic carbocycles. The average Bonchev–Trinajstić information content (AvgIpc) is 2.75. The number of nitro groups is 1. The van der Waals surface area contributed by atoms with Crippen molar-refractivity contribution >= 4 is 50.5 Å². The lowest BCUT2D eigenvalue weighted by Crippen LogP contribution is -2.55. The van der Waals surface area contributed by atoms with E-state index in [1.54, 1.807) is 0 Å². The summed E-state index contributed by atoms with van der Waals surface area (Å²) in [5.41, 5.74) is 1.34. The summed E-state index contributed by atoms with van der Waals surface area (Å²) in [6.45, 7) is 9.81. The molecule has 1 aliphatic heterocycles. The molecular formula is C25H25Cl3N2O5S. The molecule has 0 aromatic heterocycles. The first-order valence-corrected chi connectivity index (χ1v) is 13.7. The predicted molar refractivity (Wildman–Crippen MR) is 142 cm³/mol. The summed E-state index contributed by atoms with van der Waals surface area (Å²) in [5, 5.41) is 11.1. The van der Waals surface area contributed by atoms with Crippen LogP contribution in [0.2, 0.25) is 10.0 Å². The van der Waals surface area contributed by atoms with E-state index < -0.39 is 26.6 Å². The largest absolute Gasteiger partial charge is 0.481 e. The topological polar surface area (TPSA) is 89.8 Å². The number of hydrogen-bond donors (Lipinski definition) is 0. The molecule has 0 spiro atoms. The second kappa shape index (κ2) is 8.94. The molecule has 0 amide bonds. The number of halogens is 3. The highest BCUT2D eigenvalue weighted by atomic mass is 35.5. The Labute approximate surface area is 225 Å². The van der Waals surface area contributed by atoms with Gasteiger partial charge in [0.2, 0.25) is 0 Å². The van der Waals surface area contributed by atoms with E-state index in [0.29, 0.717) is 5.69 Å². The lowest BCUT2D eigenvalue weighted by Gasteiger charge is -2.52. The third-order valence-corrected chi connectivity index (χ3v) is 9.19. The van der Waals surface area contributed by atoms with Crippen molar-refractivity contribution in [3.63, 3.8) is 0 Å². The predicted octanol–water partition coefficient (Wildman–Crippen LogP) is 7.17. The number of nitrogens with zero attached hydrogens (tertiary/aromatic N) is 2. The molecule has 0 fully saturated rings. The molecule has 0 saturated heterocycles. The molecule has 2 aromatic rings. The summed E-state index contributed by atoms with van der Waals surface area (Å²) in [5.74, 6) is 0.0467. The molecule has 192 valence electrons. The van der Waals surface area contributed by atoms with Crippen molar-refractivity contribution in [3.05, 3.63) is 84.5 Å². The van der Waals surface area contributed by atoms with Crippen molar-refractivity contribution in [2.75, 3.05) is 4.31 Å². The number of hydrogen-bond acceptors (Lipinski definition) is 5. The zero-order valence-corrected chi connectivity index (χ0v) is 23.4. The summed E-state index contributed by atoms with van der Waals surface area (Å²) >= 11 is 19.1. The van der Waals surface area contributed by atoms with E-state index in [9.17, 15) is 18.5 Å². The van der Waals surface area contributed by atoms with E-state index in [4.69, 9.17) is 39.5 Å². The second-order valence-electron chi connectivity index (χ2n) is 10.3. The number of sulfonamides is 1. The van der Waals surface area contributed by atoms with Gasteiger partial charge in [-0.15, -0.1) is 0 Å². The van der Waals surface area contributed by atoms with E-state index in [2.05, 4.69) is 0 Å². The molecule has 1 aliphatic carbocycles. The minimum atomic E-state index is -4.04. The molecule has 0 saturated carbocycles. The maximum Gasteiger partial charge on any atom is 0.266 e. The van der Waals surface area contributed by atoms with Crippen molar-refractivity contribution in [3.8, 4) is 5.75 Å². The first-order chi connectivity index (χ1) is 16.6. The van der Waals surface area contributed by atoms with Gasteiger partial charge in [-0.25, -0.2) is 8.42 Å². The first kappa shape index (κ1) is 26.8. The van der Waals surface area contributed by atoms with Crippen LogP contribution in [-0.4, -0.2) is 19.4 Å². The van der Waals surface area contributed by atoms with Crippen LogP contribution < -0.4 is 9.04 Å². The van der Waals surface area contributed by atoms with Crippen LogP contribution in [0.4, 0.5) is 5.69 Å². The summed E-state index contributed by atoms with van der Waals surface area (Å²) in [4.78, 5) is 10.4. The number of rotatable bonds is 5. The molecule has 1 atom stereocenters. The van der Waals surface area contributed by atoms with Gasteiger partial charge in [0.25, 0.3) is 15.7 Å². The van der Waals surface area contributed by atoms with Crippen LogP contribution in [0, 0.1) is 10.1 Å². The average molecular weight is 572 g/mol. The summed E-state index contributed by atoms with van der Waals surface area (Å²) in [6, 6.07) is 8.41. The Bertz CT molecular complexity index is 1420. The summed E-state index contributed by atoms with van der Waals surface area (Å²) in [7, 11) is -4.04. The molecule has 11 heteroatoms. The quantitative estimate of drug-likeness (QED) is 0.280. The standard InChI is InChI=1S/C25H25Cl3N2O5S/c1-24(2,3)16-7-6-8-17-22(16)29(25(17,4)5)36(33,34)15-12-19(27)23(20(28)13-15)35-21-10-9-14(30(31)32)11-18(21)26/h6-9,11-13,21H,10H2,1-5H3. The zero-order valence-electron chi connectivity index (χ0n) is 20.3. The van der Waals surface area contributed by atoms with Crippen LogP contribution >= 0.6 is 34.8 Å². The van der Waals surface area contributed by atoms with E-state index in [-0.39, 0.29) is 43.3 Å². The molecule has 7 nitrogen and oxygen atoms in total. The van der Waals surface area contributed by atoms with Gasteiger partial charge in [0.1, 0.15) is 6.10 Å². The van der Waals surface area contributed by atoms with Gasteiger partial charge >= 0.3 is 0 Å². The fourth-order valence-corrected chi connectivity index (χ4v) is 7.36. The number of fused-ring (bicyclic) bond motifs is 1. The molecular weight excluding hydrogens is 547 g/mol. The second-order valence-corrected chi connectivity index (χ2v) is 13.3. The van der Waals surface area contributed by atoms with Gasteiger partial charge in [0.05, 0.1) is 36.1 Å². The highest BCUT2D eigenvalue weighted by Gasteiger charge is 2.51. The van der Waals surface area contributed by atoms with Crippen LogP contribution in [0.5, 0.6) is 5.75 Å². The van der Waals surface area contributed by atoms with Crippen molar-refractivity contribution < 1.29 is 18.1 Å². The minimum Gasteiger partial charge on any atom is -0.481 e. The number of ether oxygens (including phenoxy) is 1. The van der Waals surface area contributed by atoms with Crippen molar-refractivity contribution in [2.24, 2.45) is 0 Å². The molecule has 0 N–H and O–H groups in total. The molecule has 4 rings (SSSR count). The lowest BCUT2D eigenvalue weighted by atomic mass is 9.76. The highest BCUT2D eigenvalue weighted by Crippen LogP contribution is 2.55. The number of anilines is 1. The van der Waals surface area contributed by atoms with E-state index >= 15 is 0 Å². The van der Waals surface area contributed by atoms with Crippen molar-refractivity contribution in [1.82, 2.24) is 0 Å². The molecule has 1 heterocycles. The van der Waals surface area contributed by atoms with Gasteiger partial charge in [-0.05, 0) is 43.0 Å². The lowest BCUT2D eigenvalue weighted by molar-refractivity contribution is -0.419. The highest BCUT2D eigenvalue weighted by molar-refractivity contribution is 7.93.